The smallest absolute Gasteiger partial charge is 0.477 e. The SMILES string of the molecule is O=C(O)c1cc2ccccc2n1NS(=O)(=O)C(F)(F)F. The second kappa shape index (κ2) is 4.40. The maximum absolute atomic E-state index is 12.3. The van der Waals surface area contributed by atoms with Crippen LogP contribution in [-0.4, -0.2) is 29.7 Å². The molecule has 2 aromatic rings. The summed E-state index contributed by atoms with van der Waals surface area (Å²) >= 11 is 0. The number of benzene rings is 1. The maximum atomic E-state index is 12.3. The fourth-order valence-electron chi connectivity index (χ4n) is 1.58. The Kier molecular flexibility index (Phi) is 3.12. The minimum Gasteiger partial charge on any atom is -0.477 e. The molecule has 2 N–H and O–H groups in total. The summed E-state index contributed by atoms with van der Waals surface area (Å²) in [5.41, 5.74) is -6.18. The number of aromatic nitrogens is 1. The van der Waals surface area contributed by atoms with Crippen molar-refractivity contribution in [2.24, 2.45) is 0 Å². The summed E-state index contributed by atoms with van der Waals surface area (Å²) in [6, 6.07) is 6.78. The number of para-hydroxylation sites is 1. The van der Waals surface area contributed by atoms with Gasteiger partial charge in [-0.25, -0.2) is 14.3 Å². The molecule has 0 bridgehead atoms. The number of carbonyl (C=O) groups is 1. The van der Waals surface area contributed by atoms with Crippen LogP contribution in [0.2, 0.25) is 0 Å². The molecule has 0 saturated carbocycles. The minimum absolute atomic E-state index is 0.00211. The predicted octanol–water partition coefficient (Wildman–Crippen LogP) is 1.73. The number of hydrogen-bond donors (Lipinski definition) is 2. The van der Waals surface area contributed by atoms with Crippen LogP contribution in [0.1, 0.15) is 10.5 Å². The molecule has 0 saturated heterocycles. The van der Waals surface area contributed by atoms with Crippen molar-refractivity contribution in [1.82, 2.24) is 4.68 Å². The number of halogens is 3. The van der Waals surface area contributed by atoms with Crippen molar-refractivity contribution in [3.63, 3.8) is 0 Å². The number of fused-ring (bicyclic) bond motifs is 1. The molecule has 0 unspecified atom stereocenters. The first kappa shape index (κ1) is 14.2. The molecule has 0 aliphatic heterocycles. The topological polar surface area (TPSA) is 88.4 Å². The van der Waals surface area contributed by atoms with E-state index in [1.807, 2.05) is 0 Å². The predicted molar refractivity (Wildman–Crippen MR) is 63.2 cm³/mol. The Morgan fingerprint density at radius 3 is 2.40 bits per heavy atom. The number of hydrogen-bond acceptors (Lipinski definition) is 3. The van der Waals surface area contributed by atoms with Crippen molar-refractivity contribution in [2.45, 2.75) is 5.51 Å². The molecule has 0 radical (unpaired) electrons. The van der Waals surface area contributed by atoms with Gasteiger partial charge in [-0.1, -0.05) is 18.2 Å². The number of aromatic carboxylic acids is 1. The molecule has 108 valence electrons. The van der Waals surface area contributed by atoms with Gasteiger partial charge in [0.2, 0.25) is 0 Å². The highest BCUT2D eigenvalue weighted by Gasteiger charge is 2.46. The zero-order valence-corrected chi connectivity index (χ0v) is 10.4. The Morgan fingerprint density at radius 1 is 1.25 bits per heavy atom. The highest BCUT2D eigenvalue weighted by Crippen LogP contribution is 2.25. The van der Waals surface area contributed by atoms with E-state index in [0.29, 0.717) is 4.68 Å². The van der Waals surface area contributed by atoms with Crippen molar-refractivity contribution in [1.29, 1.82) is 0 Å². The van der Waals surface area contributed by atoms with E-state index < -0.39 is 27.2 Å². The maximum Gasteiger partial charge on any atom is 0.517 e. The Bertz CT molecular complexity index is 779. The van der Waals surface area contributed by atoms with Gasteiger partial charge in [0.1, 0.15) is 5.69 Å². The lowest BCUT2D eigenvalue weighted by Gasteiger charge is -2.13. The summed E-state index contributed by atoms with van der Waals surface area (Å²) in [5.74, 6) is -1.56. The van der Waals surface area contributed by atoms with Crippen molar-refractivity contribution in [3.8, 4) is 0 Å². The molecule has 0 fully saturated rings. The van der Waals surface area contributed by atoms with Gasteiger partial charge >= 0.3 is 21.5 Å². The lowest BCUT2D eigenvalue weighted by atomic mass is 10.2. The van der Waals surface area contributed by atoms with Gasteiger partial charge in [-0.2, -0.15) is 21.6 Å². The van der Waals surface area contributed by atoms with E-state index in [-0.39, 0.29) is 10.9 Å². The molecule has 0 atom stereocenters. The highest BCUT2D eigenvalue weighted by atomic mass is 32.2. The lowest BCUT2D eigenvalue weighted by Crippen LogP contribution is -2.36. The van der Waals surface area contributed by atoms with Crippen LogP contribution < -0.4 is 4.83 Å². The van der Waals surface area contributed by atoms with E-state index in [4.69, 9.17) is 5.11 Å². The average Bonchev–Trinajstić information content (AvgIpc) is 2.67. The third-order valence-electron chi connectivity index (χ3n) is 2.45. The number of rotatable bonds is 3. The van der Waals surface area contributed by atoms with Gasteiger partial charge in [0.15, 0.2) is 0 Å². The van der Waals surface area contributed by atoms with E-state index in [2.05, 4.69) is 0 Å². The normalized spacial score (nSPS) is 12.6. The highest BCUT2D eigenvalue weighted by molar-refractivity contribution is 7.93. The molecule has 2 rings (SSSR count). The second-order valence-electron chi connectivity index (χ2n) is 3.77. The summed E-state index contributed by atoms with van der Waals surface area (Å²) in [4.78, 5) is 12.2. The first-order valence-electron chi connectivity index (χ1n) is 5.06. The molecule has 10 heteroatoms. The molecule has 1 aromatic heterocycles. The largest absolute Gasteiger partial charge is 0.517 e. The van der Waals surface area contributed by atoms with E-state index in [1.165, 1.54) is 29.1 Å². The molecular weight excluding hydrogens is 301 g/mol. The van der Waals surface area contributed by atoms with Crippen LogP contribution in [0.25, 0.3) is 10.9 Å². The summed E-state index contributed by atoms with van der Waals surface area (Å²) in [6.45, 7) is 0. The zero-order valence-electron chi connectivity index (χ0n) is 9.55. The van der Waals surface area contributed by atoms with Gasteiger partial charge in [0.25, 0.3) is 0 Å². The summed E-state index contributed by atoms with van der Waals surface area (Å²) in [7, 11) is -5.72. The van der Waals surface area contributed by atoms with E-state index >= 15 is 0 Å². The van der Waals surface area contributed by atoms with Gasteiger partial charge in [-0.15, -0.1) is 0 Å². The van der Waals surface area contributed by atoms with Crippen LogP contribution in [0.4, 0.5) is 13.2 Å². The standard InChI is InChI=1S/C10H7F3N2O4S/c11-10(12,13)20(18,19)14-15-7-4-2-1-3-6(7)5-8(15)9(16)17/h1-5,14H,(H,16,17). The third-order valence-corrected chi connectivity index (χ3v) is 3.48. The van der Waals surface area contributed by atoms with Gasteiger partial charge in [-0.05, 0) is 12.1 Å². The molecule has 0 amide bonds. The van der Waals surface area contributed by atoms with Crippen molar-refractivity contribution in [3.05, 3.63) is 36.0 Å². The quantitative estimate of drug-likeness (QED) is 0.904. The van der Waals surface area contributed by atoms with Crippen LogP contribution >= 0.6 is 0 Å². The average molecular weight is 308 g/mol. The Labute approximate surface area is 110 Å². The molecule has 0 aliphatic carbocycles. The van der Waals surface area contributed by atoms with E-state index in [0.717, 1.165) is 6.07 Å². The van der Waals surface area contributed by atoms with E-state index in [9.17, 15) is 26.4 Å². The first-order chi connectivity index (χ1) is 9.13. The Hall–Kier alpha value is -2.23. The van der Waals surface area contributed by atoms with Crippen molar-refractivity contribution in [2.75, 3.05) is 4.83 Å². The number of nitrogens with zero attached hydrogens (tertiary/aromatic N) is 1. The fourth-order valence-corrected chi connectivity index (χ4v) is 2.12. The molecule has 20 heavy (non-hydrogen) atoms. The van der Waals surface area contributed by atoms with Crippen LogP contribution in [0.15, 0.2) is 30.3 Å². The van der Waals surface area contributed by atoms with Crippen molar-refractivity contribution < 1.29 is 31.5 Å². The summed E-state index contributed by atoms with van der Waals surface area (Å²) < 4.78 is 59.6. The lowest BCUT2D eigenvalue weighted by molar-refractivity contribution is -0.0432. The Balaban J connectivity index is 2.65. The monoisotopic (exact) mass is 308 g/mol. The molecule has 1 aromatic carbocycles. The number of carboxylic acid groups (broad SMARTS) is 1. The fraction of sp³-hybridized carbons (Fsp3) is 0.100. The number of nitrogens with one attached hydrogen (secondary N) is 1. The third kappa shape index (κ3) is 2.29. The first-order valence-corrected chi connectivity index (χ1v) is 6.54. The number of alkyl halides is 3. The van der Waals surface area contributed by atoms with Crippen molar-refractivity contribution >= 4 is 26.9 Å². The van der Waals surface area contributed by atoms with Gasteiger partial charge in [-0.3, -0.25) is 0 Å². The van der Waals surface area contributed by atoms with Gasteiger partial charge < -0.3 is 5.11 Å². The number of sulfonamides is 1. The number of carboxylic acids is 1. The van der Waals surface area contributed by atoms with Crippen LogP contribution in [0.3, 0.4) is 0 Å². The molecule has 1 heterocycles. The molecular formula is C10H7F3N2O4S. The van der Waals surface area contributed by atoms with Gasteiger partial charge in [0, 0.05) is 5.39 Å². The molecule has 0 spiro atoms. The van der Waals surface area contributed by atoms with Crippen LogP contribution in [0, 0.1) is 0 Å². The minimum atomic E-state index is -5.72. The summed E-state index contributed by atoms with van der Waals surface area (Å²) in [5, 5.41) is 9.22. The van der Waals surface area contributed by atoms with Crippen LogP contribution in [-0.2, 0) is 10.0 Å². The van der Waals surface area contributed by atoms with Crippen LogP contribution in [0.5, 0.6) is 0 Å². The summed E-state index contributed by atoms with van der Waals surface area (Å²) in [6.07, 6.45) is 0. The second-order valence-corrected chi connectivity index (χ2v) is 5.42. The van der Waals surface area contributed by atoms with Gasteiger partial charge in [0.05, 0.1) is 5.52 Å². The molecule has 0 aliphatic rings. The molecule has 6 nitrogen and oxygen atoms in total. The van der Waals surface area contributed by atoms with E-state index in [1.54, 1.807) is 0 Å². The Morgan fingerprint density at radius 2 is 1.85 bits per heavy atom. The zero-order chi connectivity index (χ0) is 15.1.